The molecule has 2 heterocycles. The van der Waals surface area contributed by atoms with E-state index in [4.69, 9.17) is 4.74 Å². The predicted octanol–water partition coefficient (Wildman–Crippen LogP) is 2.17. The topological polar surface area (TPSA) is 98.5 Å². The molecule has 0 aliphatic heterocycles. The van der Waals surface area contributed by atoms with Crippen LogP contribution in [0, 0.1) is 0 Å². The van der Waals surface area contributed by atoms with Crippen LogP contribution in [0.3, 0.4) is 0 Å². The van der Waals surface area contributed by atoms with Crippen molar-refractivity contribution in [2.24, 2.45) is 0 Å². The fourth-order valence-corrected chi connectivity index (χ4v) is 3.40. The van der Waals surface area contributed by atoms with Gasteiger partial charge in [0.2, 0.25) is 5.88 Å². The Kier molecular flexibility index (Phi) is 4.37. The maximum Gasteiger partial charge on any atom is 0.299 e. The number of methoxy groups -OCH3 is 1. The molecule has 3 aromatic rings. The van der Waals surface area contributed by atoms with E-state index in [1.54, 1.807) is 24.3 Å². The van der Waals surface area contributed by atoms with Crippen LogP contribution in [0.15, 0.2) is 40.0 Å². The van der Waals surface area contributed by atoms with Crippen LogP contribution in [0.5, 0.6) is 5.88 Å². The standard InChI is InChI=1S/C13H11BrFN5O3S/c1-23-11-6-8(7-15)16-12-17-13(18-20(11)12)24(21,22)19-10-5-3-2-4-9(10)14/h2-6,19H,7H2,1H3. The molecule has 0 aliphatic rings. The van der Waals surface area contributed by atoms with Crippen LogP contribution in [0.2, 0.25) is 0 Å². The molecule has 3 rings (SSSR count). The van der Waals surface area contributed by atoms with Crippen molar-refractivity contribution in [2.75, 3.05) is 11.8 Å². The lowest BCUT2D eigenvalue weighted by Crippen LogP contribution is -2.15. The van der Waals surface area contributed by atoms with Gasteiger partial charge in [-0.1, -0.05) is 12.1 Å². The second-order valence-corrected chi connectivity index (χ2v) is 7.05. The summed E-state index contributed by atoms with van der Waals surface area (Å²) >= 11 is 3.25. The lowest BCUT2D eigenvalue weighted by atomic mass is 10.3. The number of alkyl halides is 1. The maximum atomic E-state index is 12.8. The van der Waals surface area contributed by atoms with Crippen LogP contribution in [0.1, 0.15) is 5.69 Å². The largest absolute Gasteiger partial charge is 0.481 e. The quantitative estimate of drug-likeness (QED) is 0.685. The zero-order valence-corrected chi connectivity index (χ0v) is 14.7. The van der Waals surface area contributed by atoms with Crippen molar-refractivity contribution in [1.82, 2.24) is 19.6 Å². The Hall–Kier alpha value is -2.27. The second kappa shape index (κ2) is 6.32. The number of anilines is 1. The molecule has 0 saturated carbocycles. The van der Waals surface area contributed by atoms with E-state index < -0.39 is 21.9 Å². The Balaban J connectivity index is 2.07. The van der Waals surface area contributed by atoms with E-state index in [2.05, 4.69) is 35.7 Å². The zero-order valence-electron chi connectivity index (χ0n) is 12.3. The summed E-state index contributed by atoms with van der Waals surface area (Å²) in [5, 5.41) is 3.39. The number of halogens is 2. The number of hydrogen-bond donors (Lipinski definition) is 1. The number of hydrogen-bond acceptors (Lipinski definition) is 6. The summed E-state index contributed by atoms with van der Waals surface area (Å²) in [7, 11) is -2.70. The lowest BCUT2D eigenvalue weighted by molar-refractivity contribution is 0.380. The first-order valence-electron chi connectivity index (χ1n) is 6.58. The van der Waals surface area contributed by atoms with Crippen molar-refractivity contribution in [1.29, 1.82) is 0 Å². The highest BCUT2D eigenvalue weighted by Gasteiger charge is 2.23. The molecule has 0 atom stereocenters. The molecule has 0 fully saturated rings. The normalized spacial score (nSPS) is 11.6. The Bertz CT molecular complexity index is 1010. The van der Waals surface area contributed by atoms with Crippen molar-refractivity contribution in [3.8, 4) is 5.88 Å². The van der Waals surface area contributed by atoms with Gasteiger partial charge in [-0.2, -0.15) is 17.9 Å². The molecule has 126 valence electrons. The van der Waals surface area contributed by atoms with Gasteiger partial charge in [0.25, 0.3) is 21.0 Å². The van der Waals surface area contributed by atoms with E-state index in [0.717, 1.165) is 4.52 Å². The first-order chi connectivity index (χ1) is 11.4. The Morgan fingerprint density at radius 2 is 2.08 bits per heavy atom. The molecule has 11 heteroatoms. The van der Waals surface area contributed by atoms with Gasteiger partial charge in [0, 0.05) is 10.5 Å². The lowest BCUT2D eigenvalue weighted by Gasteiger charge is -2.06. The Labute approximate surface area is 144 Å². The molecule has 1 N–H and O–H groups in total. The van der Waals surface area contributed by atoms with E-state index in [-0.39, 0.29) is 17.4 Å². The van der Waals surface area contributed by atoms with Crippen molar-refractivity contribution >= 4 is 37.4 Å². The molecule has 0 radical (unpaired) electrons. The summed E-state index contributed by atoms with van der Waals surface area (Å²) in [6, 6.07) is 8.01. The van der Waals surface area contributed by atoms with Crippen LogP contribution < -0.4 is 9.46 Å². The third-order valence-corrected chi connectivity index (χ3v) is 4.85. The van der Waals surface area contributed by atoms with Crippen molar-refractivity contribution in [3.63, 3.8) is 0 Å². The highest BCUT2D eigenvalue weighted by molar-refractivity contribution is 9.10. The molecular formula is C13H11BrFN5O3S. The van der Waals surface area contributed by atoms with Crippen LogP contribution in [0.25, 0.3) is 5.78 Å². The predicted molar refractivity (Wildman–Crippen MR) is 87.1 cm³/mol. The number of nitrogens with one attached hydrogen (secondary N) is 1. The van der Waals surface area contributed by atoms with E-state index in [1.807, 2.05) is 0 Å². The first-order valence-corrected chi connectivity index (χ1v) is 8.86. The Morgan fingerprint density at radius 1 is 1.33 bits per heavy atom. The molecule has 0 bridgehead atoms. The summed E-state index contributed by atoms with van der Waals surface area (Å²) in [4.78, 5) is 7.75. The number of ether oxygens (including phenoxy) is 1. The number of nitrogens with zero attached hydrogens (tertiary/aromatic N) is 4. The number of sulfonamides is 1. The number of aromatic nitrogens is 4. The summed E-state index contributed by atoms with van der Waals surface area (Å²) in [6.45, 7) is -0.836. The molecule has 8 nitrogen and oxygen atoms in total. The monoisotopic (exact) mass is 415 g/mol. The number of benzene rings is 1. The molecule has 2 aromatic heterocycles. The summed E-state index contributed by atoms with van der Waals surface area (Å²) in [6.07, 6.45) is 0. The van der Waals surface area contributed by atoms with E-state index in [9.17, 15) is 12.8 Å². The van der Waals surface area contributed by atoms with Crippen LogP contribution in [-0.2, 0) is 16.7 Å². The van der Waals surface area contributed by atoms with E-state index in [1.165, 1.54) is 13.2 Å². The van der Waals surface area contributed by atoms with Crippen LogP contribution in [-0.4, -0.2) is 35.1 Å². The maximum absolute atomic E-state index is 12.8. The fraction of sp³-hybridized carbons (Fsp3) is 0.154. The molecule has 0 spiro atoms. The SMILES string of the molecule is COc1cc(CF)nc2nc(S(=O)(=O)Nc3ccccc3Br)nn12. The van der Waals surface area contributed by atoms with Crippen molar-refractivity contribution in [3.05, 3.63) is 40.5 Å². The second-order valence-electron chi connectivity index (χ2n) is 4.61. The molecule has 0 amide bonds. The van der Waals surface area contributed by atoms with Crippen LogP contribution >= 0.6 is 15.9 Å². The first kappa shape index (κ1) is 16.6. The van der Waals surface area contributed by atoms with Gasteiger partial charge >= 0.3 is 0 Å². The molecule has 24 heavy (non-hydrogen) atoms. The van der Waals surface area contributed by atoms with Crippen molar-refractivity contribution < 1.29 is 17.5 Å². The van der Waals surface area contributed by atoms with Gasteiger partial charge in [-0.05, 0) is 28.1 Å². The smallest absolute Gasteiger partial charge is 0.299 e. The van der Waals surface area contributed by atoms with E-state index in [0.29, 0.717) is 10.2 Å². The minimum atomic E-state index is -4.05. The van der Waals surface area contributed by atoms with Gasteiger partial charge < -0.3 is 4.74 Å². The van der Waals surface area contributed by atoms with Gasteiger partial charge in [-0.3, -0.25) is 4.72 Å². The third-order valence-electron chi connectivity index (χ3n) is 3.02. The summed E-state index contributed by atoms with van der Waals surface area (Å²) < 4.78 is 46.9. The van der Waals surface area contributed by atoms with Gasteiger partial charge in [0.05, 0.1) is 18.5 Å². The zero-order chi connectivity index (χ0) is 17.3. The Morgan fingerprint density at radius 3 is 2.75 bits per heavy atom. The molecular weight excluding hydrogens is 405 g/mol. The van der Waals surface area contributed by atoms with Gasteiger partial charge in [0.15, 0.2) is 0 Å². The van der Waals surface area contributed by atoms with Gasteiger partial charge in [-0.25, -0.2) is 9.37 Å². The molecule has 0 saturated heterocycles. The minimum Gasteiger partial charge on any atom is -0.481 e. The summed E-state index contributed by atoms with van der Waals surface area (Å²) in [5.41, 5.74) is 0.398. The third kappa shape index (κ3) is 3.04. The highest BCUT2D eigenvalue weighted by atomic mass is 79.9. The average Bonchev–Trinajstić information content (AvgIpc) is 3.01. The number of para-hydroxylation sites is 1. The molecule has 0 unspecified atom stereocenters. The number of rotatable bonds is 5. The van der Waals surface area contributed by atoms with E-state index >= 15 is 0 Å². The fourth-order valence-electron chi connectivity index (χ4n) is 1.93. The molecule has 0 aliphatic carbocycles. The van der Waals surface area contributed by atoms with Crippen molar-refractivity contribution in [2.45, 2.75) is 11.8 Å². The van der Waals surface area contributed by atoms with Crippen LogP contribution in [0.4, 0.5) is 10.1 Å². The summed E-state index contributed by atoms with van der Waals surface area (Å²) in [5.74, 6) is 0.0528. The van der Waals surface area contributed by atoms with Gasteiger partial charge in [0.1, 0.15) is 6.67 Å². The average molecular weight is 416 g/mol. The van der Waals surface area contributed by atoms with Gasteiger partial charge in [-0.15, -0.1) is 5.10 Å². The molecule has 1 aromatic carbocycles. The minimum absolute atomic E-state index is 0.0643. The highest BCUT2D eigenvalue weighted by Crippen LogP contribution is 2.24. The number of fused-ring (bicyclic) bond motifs is 1.